The molecular weight excluding hydrogens is 298 g/mol. The Bertz CT molecular complexity index is 607. The first-order chi connectivity index (χ1) is 11.1. The first kappa shape index (κ1) is 15.3. The molecule has 0 aromatic heterocycles. The van der Waals surface area contributed by atoms with Gasteiger partial charge in [0.1, 0.15) is 5.75 Å². The van der Waals surface area contributed by atoms with Crippen LogP contribution in [0.2, 0.25) is 0 Å². The predicted octanol–water partition coefficient (Wildman–Crippen LogP) is 0.738. The second-order valence-electron chi connectivity index (χ2n) is 5.72. The van der Waals surface area contributed by atoms with Crippen molar-refractivity contribution in [1.29, 1.82) is 0 Å². The van der Waals surface area contributed by atoms with E-state index in [4.69, 9.17) is 4.74 Å². The summed E-state index contributed by atoms with van der Waals surface area (Å²) in [5.41, 5.74) is 0.973. The molecule has 3 rings (SSSR count). The molecule has 2 heterocycles. The lowest BCUT2D eigenvalue weighted by molar-refractivity contribution is -0.144. The second kappa shape index (κ2) is 6.28. The van der Waals surface area contributed by atoms with E-state index in [1.54, 1.807) is 12.0 Å². The zero-order valence-corrected chi connectivity index (χ0v) is 12.9. The monoisotopic (exact) mass is 317 g/mol. The number of methoxy groups -OCH3 is 1. The topological polar surface area (TPSA) is 79.0 Å². The van der Waals surface area contributed by atoms with Gasteiger partial charge in [-0.1, -0.05) is 12.1 Å². The number of hydrogen-bond acceptors (Lipinski definition) is 4. The van der Waals surface area contributed by atoms with E-state index < -0.39 is 0 Å². The average Bonchev–Trinajstić information content (AvgIpc) is 2.84. The fourth-order valence-corrected chi connectivity index (χ4v) is 2.82. The molecule has 1 N–H and O–H groups in total. The Morgan fingerprint density at radius 2 is 1.78 bits per heavy atom. The number of urea groups is 1. The maximum Gasteiger partial charge on any atom is 0.317 e. The van der Waals surface area contributed by atoms with Gasteiger partial charge in [-0.15, -0.1) is 0 Å². The second-order valence-corrected chi connectivity index (χ2v) is 5.72. The fraction of sp³-hybridized carbons (Fsp3) is 0.438. The molecule has 2 aliphatic rings. The van der Waals surface area contributed by atoms with Gasteiger partial charge in [0.05, 0.1) is 13.2 Å². The molecule has 7 heteroatoms. The van der Waals surface area contributed by atoms with Crippen LogP contribution in [-0.2, 0) is 16.1 Å². The van der Waals surface area contributed by atoms with Crippen molar-refractivity contribution in [2.45, 2.75) is 25.4 Å². The van der Waals surface area contributed by atoms with Crippen molar-refractivity contribution in [2.24, 2.45) is 0 Å². The van der Waals surface area contributed by atoms with Crippen LogP contribution < -0.4 is 10.1 Å². The number of benzene rings is 1. The van der Waals surface area contributed by atoms with E-state index in [9.17, 15) is 14.4 Å². The number of imide groups is 1. The average molecular weight is 317 g/mol. The highest BCUT2D eigenvalue weighted by Gasteiger charge is 2.42. The number of nitrogens with zero attached hydrogens (tertiary/aromatic N) is 2. The first-order valence-corrected chi connectivity index (χ1v) is 7.59. The van der Waals surface area contributed by atoms with Gasteiger partial charge >= 0.3 is 6.03 Å². The van der Waals surface area contributed by atoms with E-state index in [0.717, 1.165) is 11.3 Å². The lowest BCUT2D eigenvalue weighted by atomic mass is 10.1. The number of likely N-dealkylation sites (tertiary alicyclic amines) is 2. The molecule has 2 saturated heterocycles. The Morgan fingerprint density at radius 1 is 1.17 bits per heavy atom. The van der Waals surface area contributed by atoms with Gasteiger partial charge in [0.15, 0.2) is 0 Å². The normalized spacial score (nSPS) is 18.1. The van der Waals surface area contributed by atoms with Crippen LogP contribution >= 0.6 is 0 Å². The Labute approximate surface area is 134 Å². The van der Waals surface area contributed by atoms with E-state index in [1.807, 2.05) is 24.3 Å². The molecule has 4 amide bonds. The molecule has 2 aliphatic heterocycles. The molecule has 2 fully saturated rings. The van der Waals surface area contributed by atoms with Crippen LogP contribution in [-0.4, -0.2) is 53.9 Å². The molecule has 0 spiro atoms. The van der Waals surface area contributed by atoms with Gasteiger partial charge in [0.2, 0.25) is 11.8 Å². The van der Waals surface area contributed by atoms with Gasteiger partial charge in [-0.3, -0.25) is 14.5 Å². The SMILES string of the molecule is COc1ccc(CNC(=O)N2CC(N3C(=O)CCC3=O)C2)cc1. The van der Waals surface area contributed by atoms with Gasteiger partial charge in [0.25, 0.3) is 0 Å². The number of carbonyl (C=O) groups is 3. The number of rotatable bonds is 4. The maximum atomic E-state index is 12.0. The summed E-state index contributed by atoms with van der Waals surface area (Å²) in [6.45, 7) is 1.24. The molecule has 0 radical (unpaired) electrons. The van der Waals surface area contributed by atoms with E-state index in [2.05, 4.69) is 5.32 Å². The van der Waals surface area contributed by atoms with Crippen LogP contribution in [0.5, 0.6) is 5.75 Å². The van der Waals surface area contributed by atoms with Crippen molar-refractivity contribution >= 4 is 17.8 Å². The van der Waals surface area contributed by atoms with Crippen molar-refractivity contribution < 1.29 is 19.1 Å². The Kier molecular flexibility index (Phi) is 4.18. The van der Waals surface area contributed by atoms with E-state index in [0.29, 0.717) is 32.5 Å². The van der Waals surface area contributed by atoms with Crippen LogP contribution in [0.1, 0.15) is 18.4 Å². The van der Waals surface area contributed by atoms with Crippen molar-refractivity contribution in [1.82, 2.24) is 15.1 Å². The summed E-state index contributed by atoms with van der Waals surface area (Å²) in [5, 5.41) is 2.83. The molecule has 23 heavy (non-hydrogen) atoms. The predicted molar refractivity (Wildman–Crippen MR) is 81.7 cm³/mol. The number of amides is 4. The molecule has 122 valence electrons. The third-order valence-corrected chi connectivity index (χ3v) is 4.21. The Morgan fingerprint density at radius 3 is 2.35 bits per heavy atom. The number of nitrogens with one attached hydrogen (secondary N) is 1. The lowest BCUT2D eigenvalue weighted by Crippen LogP contribution is -2.63. The quantitative estimate of drug-likeness (QED) is 0.831. The van der Waals surface area contributed by atoms with E-state index >= 15 is 0 Å². The van der Waals surface area contributed by atoms with Crippen molar-refractivity contribution in [3.63, 3.8) is 0 Å². The minimum absolute atomic E-state index is 0.127. The Balaban J connectivity index is 1.45. The molecule has 0 saturated carbocycles. The largest absolute Gasteiger partial charge is 0.497 e. The summed E-state index contributed by atoms with van der Waals surface area (Å²) >= 11 is 0. The van der Waals surface area contributed by atoms with Crippen molar-refractivity contribution in [3.05, 3.63) is 29.8 Å². The van der Waals surface area contributed by atoms with Crippen molar-refractivity contribution in [2.75, 3.05) is 20.2 Å². The van der Waals surface area contributed by atoms with Gasteiger partial charge in [-0.2, -0.15) is 0 Å². The van der Waals surface area contributed by atoms with Gasteiger partial charge in [-0.05, 0) is 17.7 Å². The summed E-state index contributed by atoms with van der Waals surface area (Å²) < 4.78 is 5.08. The highest BCUT2D eigenvalue weighted by Crippen LogP contribution is 2.22. The third-order valence-electron chi connectivity index (χ3n) is 4.21. The van der Waals surface area contributed by atoms with E-state index in [-0.39, 0.29) is 23.9 Å². The third kappa shape index (κ3) is 3.13. The van der Waals surface area contributed by atoms with Crippen molar-refractivity contribution in [3.8, 4) is 5.75 Å². The zero-order chi connectivity index (χ0) is 16.4. The molecule has 0 bridgehead atoms. The molecule has 0 aliphatic carbocycles. The lowest BCUT2D eigenvalue weighted by Gasteiger charge is -2.42. The molecule has 1 aromatic carbocycles. The molecular formula is C16H19N3O4. The Hall–Kier alpha value is -2.57. The minimum Gasteiger partial charge on any atom is -0.497 e. The standard InChI is InChI=1S/C16H19N3O4/c1-23-13-4-2-11(3-5-13)8-17-16(22)18-9-12(10-18)19-14(20)6-7-15(19)21/h2-5,12H,6-10H2,1H3,(H,17,22). The molecule has 1 aromatic rings. The summed E-state index contributed by atoms with van der Waals surface area (Å²) in [7, 11) is 1.60. The summed E-state index contributed by atoms with van der Waals surface area (Å²) in [5.74, 6) is 0.516. The molecule has 0 unspecified atom stereocenters. The summed E-state index contributed by atoms with van der Waals surface area (Å²) in [6.07, 6.45) is 0.581. The highest BCUT2D eigenvalue weighted by molar-refractivity contribution is 6.02. The van der Waals surface area contributed by atoms with Crippen LogP contribution in [0.4, 0.5) is 4.79 Å². The van der Waals surface area contributed by atoms with Gasteiger partial charge in [0, 0.05) is 32.5 Å². The molecule has 7 nitrogen and oxygen atoms in total. The van der Waals surface area contributed by atoms with Gasteiger partial charge < -0.3 is 15.0 Å². The van der Waals surface area contributed by atoms with E-state index in [1.165, 1.54) is 4.90 Å². The minimum atomic E-state index is -0.184. The van der Waals surface area contributed by atoms with Crippen LogP contribution in [0, 0.1) is 0 Å². The number of hydrogen-bond donors (Lipinski definition) is 1. The summed E-state index contributed by atoms with van der Waals surface area (Å²) in [6, 6.07) is 7.11. The molecule has 0 atom stereocenters. The van der Waals surface area contributed by atoms with Gasteiger partial charge in [-0.25, -0.2) is 4.79 Å². The maximum absolute atomic E-state index is 12.0. The fourth-order valence-electron chi connectivity index (χ4n) is 2.82. The van der Waals surface area contributed by atoms with Crippen LogP contribution in [0.25, 0.3) is 0 Å². The van der Waals surface area contributed by atoms with Crippen LogP contribution in [0.3, 0.4) is 0 Å². The zero-order valence-electron chi connectivity index (χ0n) is 12.9. The first-order valence-electron chi connectivity index (χ1n) is 7.59. The van der Waals surface area contributed by atoms with Crippen LogP contribution in [0.15, 0.2) is 24.3 Å². The highest BCUT2D eigenvalue weighted by atomic mass is 16.5. The number of ether oxygens (including phenoxy) is 1. The number of carbonyl (C=O) groups excluding carboxylic acids is 3. The summed E-state index contributed by atoms with van der Waals surface area (Å²) in [4.78, 5) is 38.2. The smallest absolute Gasteiger partial charge is 0.317 e.